The molecule has 0 heterocycles. The number of nitrogens with one attached hydrogen (secondary N) is 1. The molecule has 0 aromatic heterocycles. The van der Waals surface area contributed by atoms with E-state index in [2.05, 4.69) is 19.2 Å². The summed E-state index contributed by atoms with van der Waals surface area (Å²) in [5.41, 5.74) is 1.06. The highest BCUT2D eigenvalue weighted by Crippen LogP contribution is 2.30. The molecule has 1 aromatic carbocycles. The summed E-state index contributed by atoms with van der Waals surface area (Å²) in [7, 11) is 1.64. The summed E-state index contributed by atoms with van der Waals surface area (Å²) in [4.78, 5) is 27.2. The molecule has 1 aliphatic carbocycles. The molecule has 0 aliphatic heterocycles. The van der Waals surface area contributed by atoms with E-state index < -0.39 is 0 Å². The fourth-order valence-electron chi connectivity index (χ4n) is 3.81. The van der Waals surface area contributed by atoms with Crippen molar-refractivity contribution in [2.24, 2.45) is 11.8 Å². The van der Waals surface area contributed by atoms with E-state index in [0.29, 0.717) is 6.54 Å². The van der Waals surface area contributed by atoms with E-state index in [4.69, 9.17) is 4.74 Å². The van der Waals surface area contributed by atoms with E-state index in [-0.39, 0.29) is 23.7 Å². The van der Waals surface area contributed by atoms with Crippen molar-refractivity contribution in [3.8, 4) is 5.75 Å². The van der Waals surface area contributed by atoms with Crippen LogP contribution in [0.3, 0.4) is 0 Å². The van der Waals surface area contributed by atoms with Crippen LogP contribution in [0, 0.1) is 11.8 Å². The fraction of sp³-hybridized carbons (Fsp3) is 0.636. The zero-order chi connectivity index (χ0) is 19.6. The lowest BCUT2D eigenvalue weighted by Crippen LogP contribution is -2.40. The smallest absolute Gasteiger partial charge is 0.225 e. The van der Waals surface area contributed by atoms with Crippen molar-refractivity contribution in [3.63, 3.8) is 0 Å². The van der Waals surface area contributed by atoms with Gasteiger partial charge in [-0.05, 0) is 56.2 Å². The standard InChI is InChI=1S/C22H34N2O3/c1-4-14-24(15-5-2)22(26)19-10-8-18(9-11-19)21(25)23-16-17-6-12-20(27-3)13-7-17/h6-7,12-13,18-19H,4-5,8-11,14-16H2,1-3H3,(H,23,25). The molecule has 1 aliphatic rings. The van der Waals surface area contributed by atoms with Crippen molar-refractivity contribution in [2.75, 3.05) is 20.2 Å². The molecule has 1 saturated carbocycles. The molecule has 0 bridgehead atoms. The summed E-state index contributed by atoms with van der Waals surface area (Å²) in [6.07, 6.45) is 5.24. The lowest BCUT2D eigenvalue weighted by Gasteiger charge is -2.31. The number of ether oxygens (including phenoxy) is 1. The number of carbonyl (C=O) groups is 2. The van der Waals surface area contributed by atoms with E-state index in [1.165, 1.54) is 0 Å². The minimum atomic E-state index is 0.0260. The van der Waals surface area contributed by atoms with Crippen molar-refractivity contribution in [1.29, 1.82) is 0 Å². The molecule has 1 fully saturated rings. The van der Waals surface area contributed by atoms with Crippen LogP contribution < -0.4 is 10.1 Å². The summed E-state index contributed by atoms with van der Waals surface area (Å²) in [5, 5.41) is 3.04. The van der Waals surface area contributed by atoms with Crippen molar-refractivity contribution < 1.29 is 14.3 Å². The van der Waals surface area contributed by atoms with Crippen LogP contribution in [0.15, 0.2) is 24.3 Å². The van der Waals surface area contributed by atoms with Gasteiger partial charge in [0.2, 0.25) is 11.8 Å². The van der Waals surface area contributed by atoms with Crippen molar-refractivity contribution in [1.82, 2.24) is 10.2 Å². The second kappa shape index (κ2) is 11.0. The lowest BCUT2D eigenvalue weighted by molar-refractivity contribution is -0.138. The van der Waals surface area contributed by atoms with E-state index in [9.17, 15) is 9.59 Å². The largest absolute Gasteiger partial charge is 0.497 e. The molecule has 0 atom stereocenters. The number of hydrogen-bond acceptors (Lipinski definition) is 3. The van der Waals surface area contributed by atoms with E-state index in [1.54, 1.807) is 7.11 Å². The number of nitrogens with zero attached hydrogens (tertiary/aromatic N) is 1. The van der Waals surface area contributed by atoms with Crippen LogP contribution >= 0.6 is 0 Å². The van der Waals surface area contributed by atoms with Gasteiger partial charge in [0.15, 0.2) is 0 Å². The second-order valence-electron chi connectivity index (χ2n) is 7.44. The maximum absolute atomic E-state index is 12.7. The molecular formula is C22H34N2O3. The Morgan fingerprint density at radius 3 is 2.07 bits per heavy atom. The first-order chi connectivity index (χ1) is 13.1. The van der Waals surface area contributed by atoms with Gasteiger partial charge in [0.25, 0.3) is 0 Å². The molecule has 0 saturated heterocycles. The van der Waals surface area contributed by atoms with Gasteiger partial charge in [-0.1, -0.05) is 26.0 Å². The van der Waals surface area contributed by atoms with Gasteiger partial charge in [0.05, 0.1) is 7.11 Å². The number of carbonyl (C=O) groups excluding carboxylic acids is 2. The molecule has 0 spiro atoms. The Kier molecular flexibility index (Phi) is 8.62. The zero-order valence-electron chi connectivity index (χ0n) is 17.0. The first-order valence-electron chi connectivity index (χ1n) is 10.3. The molecule has 150 valence electrons. The van der Waals surface area contributed by atoms with E-state index in [1.807, 2.05) is 29.2 Å². The van der Waals surface area contributed by atoms with Crippen LogP contribution in [-0.4, -0.2) is 36.9 Å². The number of hydrogen-bond donors (Lipinski definition) is 1. The molecule has 5 heteroatoms. The normalized spacial score (nSPS) is 19.4. The number of amides is 2. The van der Waals surface area contributed by atoms with E-state index in [0.717, 1.165) is 62.9 Å². The number of rotatable bonds is 9. The maximum Gasteiger partial charge on any atom is 0.225 e. The Bertz CT molecular complexity index is 586. The quantitative estimate of drug-likeness (QED) is 0.716. The van der Waals surface area contributed by atoms with Gasteiger partial charge in [-0.2, -0.15) is 0 Å². The molecule has 1 N–H and O–H groups in total. The molecule has 5 nitrogen and oxygen atoms in total. The first-order valence-corrected chi connectivity index (χ1v) is 10.3. The van der Waals surface area contributed by atoms with Gasteiger partial charge < -0.3 is 15.0 Å². The third-order valence-corrected chi connectivity index (χ3v) is 5.37. The van der Waals surface area contributed by atoms with E-state index >= 15 is 0 Å². The van der Waals surface area contributed by atoms with Gasteiger partial charge in [-0.15, -0.1) is 0 Å². The molecule has 27 heavy (non-hydrogen) atoms. The molecule has 0 unspecified atom stereocenters. The van der Waals surface area contributed by atoms with Gasteiger partial charge >= 0.3 is 0 Å². The molecular weight excluding hydrogens is 340 g/mol. The maximum atomic E-state index is 12.7. The number of methoxy groups -OCH3 is 1. The van der Waals surface area contributed by atoms with Gasteiger partial charge in [-0.3, -0.25) is 9.59 Å². The highest BCUT2D eigenvalue weighted by Gasteiger charge is 2.31. The van der Waals surface area contributed by atoms with Gasteiger partial charge in [-0.25, -0.2) is 0 Å². The Balaban J connectivity index is 1.78. The Morgan fingerprint density at radius 2 is 1.56 bits per heavy atom. The van der Waals surface area contributed by atoms with Crippen molar-refractivity contribution in [3.05, 3.63) is 29.8 Å². The lowest BCUT2D eigenvalue weighted by atomic mass is 9.81. The monoisotopic (exact) mass is 374 g/mol. The minimum Gasteiger partial charge on any atom is -0.497 e. The van der Waals surface area contributed by atoms with Crippen LogP contribution in [0.4, 0.5) is 0 Å². The van der Waals surface area contributed by atoms with Crippen LogP contribution in [0.5, 0.6) is 5.75 Å². The summed E-state index contributed by atoms with van der Waals surface area (Å²) in [5.74, 6) is 1.33. The average Bonchev–Trinajstić information content (AvgIpc) is 2.71. The fourth-order valence-corrected chi connectivity index (χ4v) is 3.81. The average molecular weight is 375 g/mol. The topological polar surface area (TPSA) is 58.6 Å². The summed E-state index contributed by atoms with van der Waals surface area (Å²) < 4.78 is 5.15. The highest BCUT2D eigenvalue weighted by molar-refractivity contribution is 5.81. The van der Waals surface area contributed by atoms with Gasteiger partial charge in [0, 0.05) is 31.5 Å². The van der Waals surface area contributed by atoms with Crippen molar-refractivity contribution >= 4 is 11.8 Å². The molecule has 2 rings (SSSR count). The van der Waals surface area contributed by atoms with Crippen LogP contribution in [0.25, 0.3) is 0 Å². The number of benzene rings is 1. The van der Waals surface area contributed by atoms with Crippen LogP contribution in [-0.2, 0) is 16.1 Å². The predicted molar refractivity (Wildman–Crippen MR) is 107 cm³/mol. The summed E-state index contributed by atoms with van der Waals surface area (Å²) in [6, 6.07) is 7.72. The summed E-state index contributed by atoms with van der Waals surface area (Å²) in [6.45, 7) is 6.44. The first kappa shape index (κ1) is 21.3. The second-order valence-corrected chi connectivity index (χ2v) is 7.44. The van der Waals surface area contributed by atoms with Crippen molar-refractivity contribution in [2.45, 2.75) is 58.9 Å². The third kappa shape index (κ3) is 6.26. The SMILES string of the molecule is CCCN(CCC)C(=O)C1CCC(C(=O)NCc2ccc(OC)cc2)CC1. The van der Waals surface area contributed by atoms with Gasteiger partial charge in [0.1, 0.15) is 5.75 Å². The molecule has 0 radical (unpaired) electrons. The molecule has 2 amide bonds. The van der Waals surface area contributed by atoms with Crippen LogP contribution in [0.1, 0.15) is 57.9 Å². The molecule has 1 aromatic rings. The Labute approximate surface area is 163 Å². The summed E-state index contributed by atoms with van der Waals surface area (Å²) >= 11 is 0. The Hall–Kier alpha value is -2.04. The zero-order valence-corrected chi connectivity index (χ0v) is 17.0. The third-order valence-electron chi connectivity index (χ3n) is 5.37. The predicted octanol–water partition coefficient (Wildman–Crippen LogP) is 3.77. The minimum absolute atomic E-state index is 0.0260. The Morgan fingerprint density at radius 1 is 1.00 bits per heavy atom. The highest BCUT2D eigenvalue weighted by atomic mass is 16.5. The van der Waals surface area contributed by atoms with Crippen LogP contribution in [0.2, 0.25) is 0 Å².